The smallest absolute Gasteiger partial charge is 0.124 e. The minimum Gasteiger partial charge on any atom is -0.496 e. The van der Waals surface area contributed by atoms with Crippen molar-refractivity contribution < 1.29 is 9.84 Å². The SMILES string of the molecule is COc1ccc(C(Cc2ccccc2)c2cccc(N)n2)cc1CO. The summed E-state index contributed by atoms with van der Waals surface area (Å²) in [6.07, 6.45) is 0.800. The van der Waals surface area contributed by atoms with E-state index >= 15 is 0 Å². The quantitative estimate of drug-likeness (QED) is 0.723. The fourth-order valence-electron chi connectivity index (χ4n) is 3.04. The lowest BCUT2D eigenvalue weighted by Gasteiger charge is -2.19. The van der Waals surface area contributed by atoms with Gasteiger partial charge in [-0.15, -0.1) is 0 Å². The molecule has 2 aromatic carbocycles. The van der Waals surface area contributed by atoms with Gasteiger partial charge in [-0.05, 0) is 41.8 Å². The molecule has 0 aliphatic heterocycles. The van der Waals surface area contributed by atoms with E-state index in [2.05, 4.69) is 17.1 Å². The number of pyridine rings is 1. The van der Waals surface area contributed by atoms with Crippen LogP contribution < -0.4 is 10.5 Å². The molecule has 3 aromatic rings. The van der Waals surface area contributed by atoms with E-state index < -0.39 is 0 Å². The van der Waals surface area contributed by atoms with Crippen molar-refractivity contribution in [2.45, 2.75) is 18.9 Å². The zero-order valence-corrected chi connectivity index (χ0v) is 14.2. The van der Waals surface area contributed by atoms with Crippen molar-refractivity contribution in [2.75, 3.05) is 12.8 Å². The maximum absolute atomic E-state index is 9.64. The fraction of sp³-hybridized carbons (Fsp3) is 0.190. The molecule has 4 nitrogen and oxygen atoms in total. The Balaban J connectivity index is 2.04. The molecule has 3 N–H and O–H groups in total. The van der Waals surface area contributed by atoms with Crippen LogP contribution in [0.1, 0.15) is 28.3 Å². The Labute approximate surface area is 147 Å². The van der Waals surface area contributed by atoms with Crippen molar-refractivity contribution in [3.05, 3.63) is 89.1 Å². The fourth-order valence-corrected chi connectivity index (χ4v) is 3.04. The average Bonchev–Trinajstić information content (AvgIpc) is 2.66. The molecule has 0 spiro atoms. The van der Waals surface area contributed by atoms with E-state index in [-0.39, 0.29) is 12.5 Å². The van der Waals surface area contributed by atoms with E-state index in [9.17, 15) is 5.11 Å². The highest BCUT2D eigenvalue weighted by molar-refractivity contribution is 5.42. The van der Waals surface area contributed by atoms with Gasteiger partial charge in [0.25, 0.3) is 0 Å². The highest BCUT2D eigenvalue weighted by atomic mass is 16.5. The Morgan fingerprint density at radius 2 is 1.84 bits per heavy atom. The number of nitrogens with zero attached hydrogens (tertiary/aromatic N) is 1. The zero-order chi connectivity index (χ0) is 17.6. The number of hydrogen-bond donors (Lipinski definition) is 2. The molecular formula is C21H22N2O2. The lowest BCUT2D eigenvalue weighted by atomic mass is 9.88. The van der Waals surface area contributed by atoms with Crippen LogP contribution in [0, 0.1) is 0 Å². The first-order chi connectivity index (χ1) is 12.2. The molecule has 25 heavy (non-hydrogen) atoms. The number of ether oxygens (including phenoxy) is 1. The van der Waals surface area contributed by atoms with E-state index in [0.717, 1.165) is 23.2 Å². The lowest BCUT2D eigenvalue weighted by Crippen LogP contribution is -2.09. The van der Waals surface area contributed by atoms with Crippen molar-refractivity contribution in [2.24, 2.45) is 0 Å². The summed E-state index contributed by atoms with van der Waals surface area (Å²) in [6.45, 7) is -0.0700. The molecule has 0 radical (unpaired) electrons. The normalized spacial score (nSPS) is 11.9. The van der Waals surface area contributed by atoms with Crippen LogP contribution in [0.4, 0.5) is 5.82 Å². The van der Waals surface area contributed by atoms with Gasteiger partial charge in [-0.2, -0.15) is 0 Å². The summed E-state index contributed by atoms with van der Waals surface area (Å²) >= 11 is 0. The molecule has 0 saturated carbocycles. The molecule has 4 heteroatoms. The monoisotopic (exact) mass is 334 g/mol. The van der Waals surface area contributed by atoms with Crippen LogP contribution in [0.3, 0.4) is 0 Å². The number of aromatic nitrogens is 1. The van der Waals surface area contributed by atoms with E-state index in [1.54, 1.807) is 13.2 Å². The Morgan fingerprint density at radius 3 is 2.52 bits per heavy atom. The molecule has 1 heterocycles. The van der Waals surface area contributed by atoms with Crippen molar-refractivity contribution in [3.63, 3.8) is 0 Å². The number of aliphatic hydroxyl groups is 1. The van der Waals surface area contributed by atoms with Gasteiger partial charge in [0, 0.05) is 11.5 Å². The minimum atomic E-state index is -0.0700. The molecule has 3 rings (SSSR count). The molecule has 1 atom stereocenters. The number of anilines is 1. The van der Waals surface area contributed by atoms with Gasteiger partial charge in [0.1, 0.15) is 11.6 Å². The van der Waals surface area contributed by atoms with E-state index in [1.807, 2.05) is 48.5 Å². The summed E-state index contributed by atoms with van der Waals surface area (Å²) in [7, 11) is 1.61. The number of aliphatic hydroxyl groups excluding tert-OH is 1. The van der Waals surface area contributed by atoms with Gasteiger partial charge in [-0.1, -0.05) is 42.5 Å². The van der Waals surface area contributed by atoms with Gasteiger partial charge in [-0.25, -0.2) is 4.98 Å². The Kier molecular flexibility index (Phi) is 5.31. The maximum atomic E-state index is 9.64. The van der Waals surface area contributed by atoms with Gasteiger partial charge < -0.3 is 15.6 Å². The second-order valence-corrected chi connectivity index (χ2v) is 5.96. The van der Waals surface area contributed by atoms with E-state index in [4.69, 9.17) is 10.5 Å². The van der Waals surface area contributed by atoms with Gasteiger partial charge in [0.15, 0.2) is 0 Å². The highest BCUT2D eigenvalue weighted by Crippen LogP contribution is 2.31. The highest BCUT2D eigenvalue weighted by Gasteiger charge is 2.18. The maximum Gasteiger partial charge on any atom is 0.124 e. The summed E-state index contributed by atoms with van der Waals surface area (Å²) in [5.41, 5.74) is 9.88. The first-order valence-corrected chi connectivity index (χ1v) is 8.25. The first kappa shape index (κ1) is 17.0. The van der Waals surface area contributed by atoms with Gasteiger partial charge >= 0.3 is 0 Å². The molecular weight excluding hydrogens is 312 g/mol. The third kappa shape index (κ3) is 3.98. The Hall–Kier alpha value is -2.85. The molecule has 0 aliphatic carbocycles. The second-order valence-electron chi connectivity index (χ2n) is 5.96. The van der Waals surface area contributed by atoms with Gasteiger partial charge in [-0.3, -0.25) is 0 Å². The average molecular weight is 334 g/mol. The summed E-state index contributed by atoms with van der Waals surface area (Å²) in [4.78, 5) is 4.53. The number of nitrogen functional groups attached to an aromatic ring is 1. The van der Waals surface area contributed by atoms with Crippen molar-refractivity contribution in [3.8, 4) is 5.75 Å². The summed E-state index contributed by atoms with van der Waals surface area (Å²) < 4.78 is 5.32. The van der Waals surface area contributed by atoms with Crippen LogP contribution in [0.2, 0.25) is 0 Å². The molecule has 0 bridgehead atoms. The number of benzene rings is 2. The Bertz CT molecular complexity index is 834. The lowest BCUT2D eigenvalue weighted by molar-refractivity contribution is 0.273. The molecule has 0 aliphatic rings. The molecule has 0 amide bonds. The van der Waals surface area contributed by atoms with Crippen LogP contribution in [0.25, 0.3) is 0 Å². The predicted molar refractivity (Wildman–Crippen MR) is 99.6 cm³/mol. The van der Waals surface area contributed by atoms with Crippen molar-refractivity contribution in [1.29, 1.82) is 0 Å². The molecule has 1 aromatic heterocycles. The van der Waals surface area contributed by atoms with Crippen LogP contribution >= 0.6 is 0 Å². The minimum absolute atomic E-state index is 0.0436. The topological polar surface area (TPSA) is 68.4 Å². The van der Waals surface area contributed by atoms with Crippen LogP contribution in [0.15, 0.2) is 66.7 Å². The molecule has 128 valence electrons. The number of nitrogens with two attached hydrogens (primary N) is 1. The standard InChI is InChI=1S/C21H22N2O2/c1-25-20-11-10-16(13-17(20)14-24)18(12-15-6-3-2-4-7-15)19-8-5-9-21(22)23-19/h2-11,13,18,24H,12,14H2,1H3,(H2,22,23). The molecule has 0 fully saturated rings. The number of methoxy groups -OCH3 is 1. The van der Waals surface area contributed by atoms with Crippen LogP contribution in [-0.2, 0) is 13.0 Å². The predicted octanol–water partition coefficient (Wildman–Crippen LogP) is 3.54. The summed E-state index contributed by atoms with van der Waals surface area (Å²) in [5.74, 6) is 1.24. The van der Waals surface area contributed by atoms with E-state index in [0.29, 0.717) is 11.6 Å². The van der Waals surface area contributed by atoms with Crippen molar-refractivity contribution >= 4 is 5.82 Å². The number of rotatable bonds is 6. The molecule has 1 unspecified atom stereocenters. The van der Waals surface area contributed by atoms with Crippen molar-refractivity contribution in [1.82, 2.24) is 4.98 Å². The second kappa shape index (κ2) is 7.81. The van der Waals surface area contributed by atoms with Gasteiger partial charge in [0.2, 0.25) is 0 Å². The largest absolute Gasteiger partial charge is 0.496 e. The zero-order valence-electron chi connectivity index (χ0n) is 14.2. The summed E-state index contributed by atoms with van der Waals surface area (Å²) in [6, 6.07) is 21.9. The third-order valence-electron chi connectivity index (χ3n) is 4.31. The Morgan fingerprint density at radius 1 is 1.04 bits per heavy atom. The third-order valence-corrected chi connectivity index (χ3v) is 4.31. The first-order valence-electron chi connectivity index (χ1n) is 8.25. The summed E-state index contributed by atoms with van der Waals surface area (Å²) in [5, 5.41) is 9.64. The molecule has 0 saturated heterocycles. The van der Waals surface area contributed by atoms with Gasteiger partial charge in [0.05, 0.1) is 19.4 Å². The van der Waals surface area contributed by atoms with E-state index in [1.165, 1.54) is 5.56 Å². The van der Waals surface area contributed by atoms with Crippen LogP contribution in [0.5, 0.6) is 5.75 Å². The number of hydrogen-bond acceptors (Lipinski definition) is 4. The van der Waals surface area contributed by atoms with Crippen LogP contribution in [-0.4, -0.2) is 17.2 Å².